The van der Waals surface area contributed by atoms with Crippen LogP contribution in [0.2, 0.25) is 0 Å². The van der Waals surface area contributed by atoms with Crippen molar-refractivity contribution < 1.29 is 28.3 Å². The summed E-state index contributed by atoms with van der Waals surface area (Å²) in [4.78, 5) is 44.1. The number of aromatic nitrogens is 1. The number of rotatable bonds is 7. The van der Waals surface area contributed by atoms with Gasteiger partial charge in [-0.15, -0.1) is 0 Å². The smallest absolute Gasteiger partial charge is 0.338 e. The summed E-state index contributed by atoms with van der Waals surface area (Å²) in [5, 5.41) is 11.5. The fraction of sp³-hybridized carbons (Fsp3) is 0.147. The first-order valence-corrected chi connectivity index (χ1v) is 15.2. The van der Waals surface area contributed by atoms with Crippen LogP contribution in [0.5, 0.6) is 11.5 Å². The number of nitro benzene ring substituents is 1. The fourth-order valence-electron chi connectivity index (χ4n) is 5.63. The predicted octanol–water partition coefficient (Wildman–Crippen LogP) is 5.14. The Morgan fingerprint density at radius 2 is 1.89 bits per heavy atom. The van der Waals surface area contributed by atoms with Crippen LogP contribution in [0.15, 0.2) is 98.6 Å². The molecule has 0 saturated carbocycles. The van der Waals surface area contributed by atoms with Crippen molar-refractivity contribution in [2.75, 3.05) is 13.4 Å². The van der Waals surface area contributed by atoms with E-state index in [9.17, 15) is 19.7 Å². The molecule has 2 aliphatic heterocycles. The summed E-state index contributed by atoms with van der Waals surface area (Å²) >= 11 is 1.16. The van der Waals surface area contributed by atoms with Crippen LogP contribution >= 0.6 is 11.3 Å². The minimum Gasteiger partial charge on any atom is -0.463 e. The zero-order valence-corrected chi connectivity index (χ0v) is 25.4. The summed E-state index contributed by atoms with van der Waals surface area (Å²) in [7, 11) is 0. The Morgan fingerprint density at radius 1 is 1.09 bits per heavy atom. The maximum absolute atomic E-state index is 14.2. The summed E-state index contributed by atoms with van der Waals surface area (Å²) in [6.07, 6.45) is 1.60. The van der Waals surface area contributed by atoms with Crippen molar-refractivity contribution in [1.82, 2.24) is 4.57 Å². The van der Waals surface area contributed by atoms with Gasteiger partial charge >= 0.3 is 5.97 Å². The van der Waals surface area contributed by atoms with E-state index >= 15 is 0 Å². The Morgan fingerprint density at radius 3 is 2.67 bits per heavy atom. The second kappa shape index (κ2) is 11.6. The molecule has 0 spiro atoms. The molecule has 0 bridgehead atoms. The van der Waals surface area contributed by atoms with E-state index < -0.39 is 16.9 Å². The number of ether oxygens (including phenoxy) is 3. The minimum absolute atomic E-state index is 0.0149. The highest BCUT2D eigenvalue weighted by Crippen LogP contribution is 2.40. The van der Waals surface area contributed by atoms with E-state index in [0.29, 0.717) is 60.3 Å². The van der Waals surface area contributed by atoms with E-state index in [2.05, 4.69) is 0 Å². The predicted molar refractivity (Wildman–Crippen MR) is 169 cm³/mol. The highest BCUT2D eigenvalue weighted by molar-refractivity contribution is 7.07. The van der Waals surface area contributed by atoms with Gasteiger partial charge in [0.15, 0.2) is 16.3 Å². The first-order valence-electron chi connectivity index (χ1n) is 14.4. The van der Waals surface area contributed by atoms with Crippen LogP contribution in [-0.2, 0) is 9.53 Å². The van der Waals surface area contributed by atoms with Crippen LogP contribution < -0.4 is 24.4 Å². The molecule has 2 aromatic heterocycles. The molecule has 0 radical (unpaired) electrons. The van der Waals surface area contributed by atoms with Gasteiger partial charge in [-0.1, -0.05) is 59.9 Å². The summed E-state index contributed by atoms with van der Waals surface area (Å²) in [5.41, 5.74) is 2.56. The monoisotopic (exact) mass is 635 g/mol. The van der Waals surface area contributed by atoms with Crippen molar-refractivity contribution >= 4 is 34.8 Å². The van der Waals surface area contributed by atoms with Gasteiger partial charge in [-0.25, -0.2) is 9.79 Å². The molecule has 7 rings (SSSR count). The third-order valence-corrected chi connectivity index (χ3v) is 8.74. The van der Waals surface area contributed by atoms with Crippen molar-refractivity contribution in [2.24, 2.45) is 4.99 Å². The van der Waals surface area contributed by atoms with E-state index in [1.807, 2.05) is 30.3 Å². The highest BCUT2D eigenvalue weighted by Gasteiger charge is 2.36. The number of hydrogen-bond donors (Lipinski definition) is 0. The van der Waals surface area contributed by atoms with Crippen molar-refractivity contribution in [3.8, 4) is 22.8 Å². The summed E-state index contributed by atoms with van der Waals surface area (Å²) in [5.74, 6) is 1.27. The van der Waals surface area contributed by atoms with Gasteiger partial charge < -0.3 is 18.6 Å². The molecular formula is C34H25N3O8S. The number of nitro groups is 1. The molecule has 1 atom stereocenters. The second-order valence-corrected chi connectivity index (χ2v) is 11.5. The lowest BCUT2D eigenvalue weighted by atomic mass is 9.93. The second-order valence-electron chi connectivity index (χ2n) is 10.5. The molecule has 12 heteroatoms. The molecule has 46 heavy (non-hydrogen) atoms. The van der Waals surface area contributed by atoms with Crippen molar-refractivity contribution in [2.45, 2.75) is 19.9 Å². The molecule has 0 saturated heterocycles. The van der Waals surface area contributed by atoms with Crippen LogP contribution in [0.1, 0.15) is 35.4 Å². The number of thiazole rings is 1. The Kier molecular flexibility index (Phi) is 7.33. The third-order valence-electron chi connectivity index (χ3n) is 7.75. The molecule has 4 heterocycles. The van der Waals surface area contributed by atoms with Crippen LogP contribution in [0.3, 0.4) is 0 Å². The lowest BCUT2D eigenvalue weighted by Gasteiger charge is -2.26. The number of carbonyl (C=O) groups is 1. The number of carbonyl (C=O) groups excluding carboxylic acids is 1. The lowest BCUT2D eigenvalue weighted by molar-refractivity contribution is -0.385. The van der Waals surface area contributed by atoms with Crippen LogP contribution in [-0.4, -0.2) is 28.9 Å². The van der Waals surface area contributed by atoms with Gasteiger partial charge in [-0.2, -0.15) is 0 Å². The number of nitrogens with zero attached hydrogens (tertiary/aromatic N) is 3. The molecule has 1 unspecified atom stereocenters. The third kappa shape index (κ3) is 4.98. The minimum atomic E-state index is -0.887. The Balaban J connectivity index is 1.42. The van der Waals surface area contributed by atoms with Crippen molar-refractivity contribution in [3.63, 3.8) is 0 Å². The number of esters is 1. The largest absolute Gasteiger partial charge is 0.463 e. The van der Waals surface area contributed by atoms with E-state index in [1.54, 1.807) is 62.4 Å². The number of benzene rings is 3. The Hall–Kier alpha value is -5.75. The average molecular weight is 636 g/mol. The van der Waals surface area contributed by atoms with Gasteiger partial charge in [0.05, 0.1) is 33.4 Å². The maximum Gasteiger partial charge on any atom is 0.338 e. The zero-order valence-electron chi connectivity index (χ0n) is 24.6. The topological polar surface area (TPSA) is 135 Å². The standard InChI is InChI=1S/C34H25N3O8S/c1-3-42-33(39)29-30(20-8-5-4-6-9-20)35-34-36(31(29)21-12-14-26-27(16-21)44-18-43-26)32(38)28(46-34)17-22-13-15-25(45-22)23-10-7-11-24(19(23)2)37(40)41/h4-17,31H,3,18H2,1-2H3/b28-17-. The molecule has 0 aliphatic carbocycles. The van der Waals surface area contributed by atoms with Gasteiger partial charge in [0.1, 0.15) is 11.5 Å². The van der Waals surface area contributed by atoms with Crippen LogP contribution in [0, 0.1) is 17.0 Å². The quantitative estimate of drug-likeness (QED) is 0.136. The Bertz CT molecular complexity index is 2250. The normalized spacial score (nSPS) is 15.4. The van der Waals surface area contributed by atoms with Crippen LogP contribution in [0.25, 0.3) is 23.1 Å². The maximum atomic E-state index is 14.2. The fourth-order valence-corrected chi connectivity index (χ4v) is 6.61. The molecule has 0 N–H and O–H groups in total. The highest BCUT2D eigenvalue weighted by atomic mass is 32.1. The summed E-state index contributed by atoms with van der Waals surface area (Å²) in [6, 6.07) is 21.9. The van der Waals surface area contributed by atoms with Gasteiger partial charge in [-0.3, -0.25) is 19.5 Å². The molecule has 0 fully saturated rings. The average Bonchev–Trinajstić information content (AvgIpc) is 3.80. The molecule has 230 valence electrons. The molecule has 0 amide bonds. The molecule has 3 aromatic carbocycles. The van der Waals surface area contributed by atoms with E-state index in [-0.39, 0.29) is 30.2 Å². The van der Waals surface area contributed by atoms with Gasteiger partial charge in [0.2, 0.25) is 6.79 Å². The summed E-state index contributed by atoms with van der Waals surface area (Å²) < 4.78 is 24.5. The molecule has 2 aliphatic rings. The van der Waals surface area contributed by atoms with Crippen molar-refractivity contribution in [1.29, 1.82) is 0 Å². The van der Waals surface area contributed by atoms with Gasteiger partial charge in [0, 0.05) is 28.8 Å². The first kappa shape index (κ1) is 29.0. The lowest BCUT2D eigenvalue weighted by Crippen LogP contribution is -2.40. The van der Waals surface area contributed by atoms with Gasteiger partial charge in [-0.05, 0) is 43.7 Å². The molecule has 5 aromatic rings. The van der Waals surface area contributed by atoms with Gasteiger partial charge in [0.25, 0.3) is 11.2 Å². The Labute approximate surface area is 265 Å². The van der Waals surface area contributed by atoms with Crippen molar-refractivity contribution in [3.05, 3.63) is 137 Å². The van der Waals surface area contributed by atoms with Crippen LogP contribution in [0.4, 0.5) is 5.69 Å². The SMILES string of the molecule is CCOC(=O)C1=C(c2ccccc2)N=c2s/c(=C\c3ccc(-c4cccc([N+](=O)[O-])c4C)o3)c(=O)n2C1c1ccc2c(c1)OCO2. The van der Waals surface area contributed by atoms with E-state index in [1.165, 1.54) is 10.6 Å². The first-order chi connectivity index (χ1) is 22.3. The number of fused-ring (bicyclic) bond motifs is 2. The molecule has 11 nitrogen and oxygen atoms in total. The number of hydrogen-bond acceptors (Lipinski definition) is 10. The number of furan rings is 1. The summed E-state index contributed by atoms with van der Waals surface area (Å²) in [6.45, 7) is 3.58. The van der Waals surface area contributed by atoms with E-state index in [4.69, 9.17) is 23.6 Å². The molecular weight excluding hydrogens is 610 g/mol. The van der Waals surface area contributed by atoms with E-state index in [0.717, 1.165) is 11.3 Å². The zero-order chi connectivity index (χ0) is 31.9.